The van der Waals surface area contributed by atoms with E-state index < -0.39 is 0 Å². The number of hydrogen-bond donors (Lipinski definition) is 1. The summed E-state index contributed by atoms with van der Waals surface area (Å²) in [6.07, 6.45) is 2.68. The molecule has 17 heavy (non-hydrogen) atoms. The van der Waals surface area contributed by atoms with Crippen LogP contribution in [0.1, 0.15) is 21.2 Å². The van der Waals surface area contributed by atoms with Gasteiger partial charge in [-0.25, -0.2) is 15.0 Å². The Morgan fingerprint density at radius 1 is 1.47 bits per heavy atom. The van der Waals surface area contributed by atoms with Crippen LogP contribution in [0.5, 0.6) is 0 Å². The van der Waals surface area contributed by atoms with Gasteiger partial charge in [0.05, 0.1) is 18.9 Å². The number of amides is 1. The highest BCUT2D eigenvalue weighted by Crippen LogP contribution is 2.08. The zero-order valence-corrected chi connectivity index (χ0v) is 10.5. The van der Waals surface area contributed by atoms with Crippen LogP contribution in [-0.4, -0.2) is 20.9 Å². The molecule has 0 unspecified atom stereocenters. The summed E-state index contributed by atoms with van der Waals surface area (Å²) in [5, 5.41) is 5.77. The van der Waals surface area contributed by atoms with Gasteiger partial charge >= 0.3 is 0 Å². The smallest absolute Gasteiger partial charge is 0.271 e. The van der Waals surface area contributed by atoms with E-state index in [1.807, 2.05) is 12.3 Å². The van der Waals surface area contributed by atoms with Crippen molar-refractivity contribution in [1.82, 2.24) is 20.3 Å². The number of rotatable bonds is 3. The Labute approximate surface area is 107 Å². The third-order valence-corrected chi connectivity index (χ3v) is 3.08. The minimum absolute atomic E-state index is 0.239. The van der Waals surface area contributed by atoms with Gasteiger partial charge in [-0.15, -0.1) is 11.3 Å². The van der Waals surface area contributed by atoms with Crippen molar-refractivity contribution >= 4 is 28.8 Å². The van der Waals surface area contributed by atoms with E-state index in [0.29, 0.717) is 6.54 Å². The summed E-state index contributed by atoms with van der Waals surface area (Å²) in [6, 6.07) is 0. The minimum Gasteiger partial charge on any atom is -0.344 e. The molecule has 0 aromatic carbocycles. The summed E-state index contributed by atoms with van der Waals surface area (Å²) >= 11 is 7.08. The Balaban J connectivity index is 1.95. The number of halogens is 1. The maximum atomic E-state index is 11.7. The molecule has 88 valence electrons. The first-order chi connectivity index (χ1) is 8.15. The van der Waals surface area contributed by atoms with E-state index in [4.69, 9.17) is 11.6 Å². The van der Waals surface area contributed by atoms with E-state index in [9.17, 15) is 4.79 Å². The average molecular weight is 269 g/mol. The summed E-state index contributed by atoms with van der Waals surface area (Å²) < 4.78 is 0. The van der Waals surface area contributed by atoms with Crippen molar-refractivity contribution in [2.45, 2.75) is 13.5 Å². The molecule has 0 saturated heterocycles. The van der Waals surface area contributed by atoms with E-state index in [0.717, 1.165) is 10.7 Å². The molecular weight excluding hydrogens is 260 g/mol. The van der Waals surface area contributed by atoms with E-state index in [-0.39, 0.29) is 16.8 Å². The fourth-order valence-electron chi connectivity index (χ4n) is 1.16. The Bertz CT molecular complexity index is 525. The van der Waals surface area contributed by atoms with Crippen molar-refractivity contribution in [2.24, 2.45) is 0 Å². The van der Waals surface area contributed by atoms with Crippen molar-refractivity contribution in [2.75, 3.05) is 0 Å². The SMILES string of the molecule is Cc1csc(CNC(=O)c2cnc(Cl)cn2)n1. The standard InChI is InChI=1S/C10H9ClN4OS/c1-6-5-17-9(15-6)4-14-10(16)7-2-13-8(11)3-12-7/h2-3,5H,4H2,1H3,(H,14,16). The van der Waals surface area contributed by atoms with Crippen LogP contribution in [0, 0.1) is 6.92 Å². The van der Waals surface area contributed by atoms with Gasteiger partial charge in [-0.05, 0) is 6.92 Å². The lowest BCUT2D eigenvalue weighted by atomic mass is 10.4. The summed E-state index contributed by atoms with van der Waals surface area (Å²) in [4.78, 5) is 23.6. The molecule has 1 N–H and O–H groups in total. The van der Waals surface area contributed by atoms with Gasteiger partial charge in [-0.2, -0.15) is 0 Å². The molecule has 5 nitrogen and oxygen atoms in total. The first-order valence-corrected chi connectivity index (χ1v) is 6.07. The van der Waals surface area contributed by atoms with Crippen molar-refractivity contribution < 1.29 is 4.79 Å². The van der Waals surface area contributed by atoms with Crippen LogP contribution in [0.2, 0.25) is 5.15 Å². The number of carbonyl (C=O) groups is 1. The average Bonchev–Trinajstić information content (AvgIpc) is 2.73. The van der Waals surface area contributed by atoms with Crippen LogP contribution in [0.15, 0.2) is 17.8 Å². The molecular formula is C10H9ClN4OS. The monoisotopic (exact) mass is 268 g/mol. The third-order valence-electron chi connectivity index (χ3n) is 1.92. The number of thiazole rings is 1. The summed E-state index contributed by atoms with van der Waals surface area (Å²) in [5.41, 5.74) is 1.19. The van der Waals surface area contributed by atoms with Gasteiger partial charge < -0.3 is 5.32 Å². The van der Waals surface area contributed by atoms with Crippen LogP contribution in [0.25, 0.3) is 0 Å². The van der Waals surface area contributed by atoms with E-state index >= 15 is 0 Å². The Morgan fingerprint density at radius 3 is 2.88 bits per heavy atom. The molecule has 0 aliphatic carbocycles. The molecule has 0 saturated carbocycles. The number of nitrogens with one attached hydrogen (secondary N) is 1. The lowest BCUT2D eigenvalue weighted by Gasteiger charge is -2.01. The van der Waals surface area contributed by atoms with Crippen LogP contribution in [0.4, 0.5) is 0 Å². The largest absolute Gasteiger partial charge is 0.344 e. The highest BCUT2D eigenvalue weighted by molar-refractivity contribution is 7.09. The number of aromatic nitrogens is 3. The lowest BCUT2D eigenvalue weighted by molar-refractivity contribution is 0.0945. The first-order valence-electron chi connectivity index (χ1n) is 4.82. The molecule has 2 aromatic rings. The molecule has 0 atom stereocenters. The maximum Gasteiger partial charge on any atom is 0.271 e. The molecule has 2 aromatic heterocycles. The number of nitrogens with zero attached hydrogens (tertiary/aromatic N) is 3. The Hall–Kier alpha value is -1.53. The molecule has 2 heterocycles. The quantitative estimate of drug-likeness (QED) is 0.922. The second kappa shape index (κ2) is 5.20. The fraction of sp³-hybridized carbons (Fsp3) is 0.200. The highest BCUT2D eigenvalue weighted by atomic mass is 35.5. The van der Waals surface area contributed by atoms with E-state index in [1.165, 1.54) is 23.7 Å². The van der Waals surface area contributed by atoms with Gasteiger partial charge in [0.25, 0.3) is 5.91 Å². The second-order valence-corrected chi connectivity index (χ2v) is 4.62. The molecule has 0 aliphatic heterocycles. The number of aryl methyl sites for hydroxylation is 1. The van der Waals surface area contributed by atoms with Crippen molar-refractivity contribution in [1.29, 1.82) is 0 Å². The molecule has 0 fully saturated rings. The topological polar surface area (TPSA) is 67.8 Å². The minimum atomic E-state index is -0.290. The Kier molecular flexibility index (Phi) is 3.65. The van der Waals surface area contributed by atoms with Gasteiger partial charge in [0.1, 0.15) is 15.9 Å². The van der Waals surface area contributed by atoms with Crippen LogP contribution in [-0.2, 0) is 6.54 Å². The normalized spacial score (nSPS) is 10.2. The molecule has 1 amide bonds. The van der Waals surface area contributed by atoms with Gasteiger partial charge in [0, 0.05) is 11.1 Å². The first kappa shape index (κ1) is 11.9. The fourth-order valence-corrected chi connectivity index (χ4v) is 1.97. The molecule has 7 heteroatoms. The van der Waals surface area contributed by atoms with Gasteiger partial charge in [-0.1, -0.05) is 11.6 Å². The van der Waals surface area contributed by atoms with Gasteiger partial charge in [-0.3, -0.25) is 4.79 Å². The predicted molar refractivity (Wildman–Crippen MR) is 65.1 cm³/mol. The van der Waals surface area contributed by atoms with Gasteiger partial charge in [0.2, 0.25) is 0 Å². The molecule has 0 spiro atoms. The van der Waals surface area contributed by atoms with Gasteiger partial charge in [0.15, 0.2) is 0 Å². The number of carbonyl (C=O) groups excluding carboxylic acids is 1. The zero-order valence-electron chi connectivity index (χ0n) is 8.98. The molecule has 0 bridgehead atoms. The summed E-state index contributed by atoms with van der Waals surface area (Å²) in [5.74, 6) is -0.290. The maximum absolute atomic E-state index is 11.7. The van der Waals surface area contributed by atoms with Crippen molar-refractivity contribution in [3.05, 3.63) is 39.3 Å². The van der Waals surface area contributed by atoms with Crippen molar-refractivity contribution in [3.63, 3.8) is 0 Å². The molecule has 0 radical (unpaired) electrons. The summed E-state index contributed by atoms with van der Waals surface area (Å²) in [6.45, 7) is 2.30. The lowest BCUT2D eigenvalue weighted by Crippen LogP contribution is -2.23. The predicted octanol–water partition coefficient (Wildman–Crippen LogP) is 1.82. The van der Waals surface area contributed by atoms with Crippen molar-refractivity contribution in [3.8, 4) is 0 Å². The van der Waals surface area contributed by atoms with Crippen LogP contribution >= 0.6 is 22.9 Å². The van der Waals surface area contributed by atoms with E-state index in [2.05, 4.69) is 20.3 Å². The third kappa shape index (κ3) is 3.21. The molecule has 2 rings (SSSR count). The molecule has 0 aliphatic rings. The van der Waals surface area contributed by atoms with Crippen LogP contribution < -0.4 is 5.32 Å². The Morgan fingerprint density at radius 2 is 2.29 bits per heavy atom. The van der Waals surface area contributed by atoms with Crippen LogP contribution in [0.3, 0.4) is 0 Å². The zero-order chi connectivity index (χ0) is 12.3. The number of hydrogen-bond acceptors (Lipinski definition) is 5. The van der Waals surface area contributed by atoms with E-state index in [1.54, 1.807) is 0 Å². The highest BCUT2D eigenvalue weighted by Gasteiger charge is 2.08. The summed E-state index contributed by atoms with van der Waals surface area (Å²) in [7, 11) is 0. The second-order valence-electron chi connectivity index (χ2n) is 3.29.